The highest BCUT2D eigenvalue weighted by atomic mass is 16.6. The Hall–Kier alpha value is -1.36. The standard InChI is InChI=1S/C10H16O5/c1-4-9(11)13-5-6-14-10(12)7-15-8(2)3/h4,8H,1,5-7H2,2-3H3. The van der Waals surface area contributed by atoms with Gasteiger partial charge in [0.05, 0.1) is 6.10 Å². The fourth-order valence-corrected chi connectivity index (χ4v) is 0.633. The summed E-state index contributed by atoms with van der Waals surface area (Å²) in [5.74, 6) is -1.01. The van der Waals surface area contributed by atoms with Crippen molar-refractivity contribution in [2.24, 2.45) is 0 Å². The molecule has 0 atom stereocenters. The van der Waals surface area contributed by atoms with Crippen LogP contribution in [0.15, 0.2) is 12.7 Å². The Bertz CT molecular complexity index is 222. The number of rotatable bonds is 7. The maximum absolute atomic E-state index is 11.0. The minimum atomic E-state index is -0.538. The van der Waals surface area contributed by atoms with Gasteiger partial charge in [0.2, 0.25) is 0 Å². The predicted molar refractivity (Wildman–Crippen MR) is 53.2 cm³/mol. The first-order chi connectivity index (χ1) is 7.06. The van der Waals surface area contributed by atoms with Crippen LogP contribution in [0.4, 0.5) is 0 Å². The van der Waals surface area contributed by atoms with Crippen LogP contribution in [0.1, 0.15) is 13.8 Å². The summed E-state index contributed by atoms with van der Waals surface area (Å²) < 4.78 is 14.3. The van der Waals surface area contributed by atoms with Gasteiger partial charge in [-0.1, -0.05) is 6.58 Å². The van der Waals surface area contributed by atoms with Crippen molar-refractivity contribution >= 4 is 11.9 Å². The maximum Gasteiger partial charge on any atom is 0.332 e. The van der Waals surface area contributed by atoms with Crippen LogP contribution >= 0.6 is 0 Å². The molecular weight excluding hydrogens is 200 g/mol. The van der Waals surface area contributed by atoms with Gasteiger partial charge in [-0.15, -0.1) is 0 Å². The molecule has 0 saturated heterocycles. The molecule has 0 fully saturated rings. The molecule has 0 bridgehead atoms. The van der Waals surface area contributed by atoms with Crippen molar-refractivity contribution < 1.29 is 23.8 Å². The molecule has 0 aliphatic carbocycles. The van der Waals surface area contributed by atoms with Crippen molar-refractivity contribution in [2.45, 2.75) is 20.0 Å². The summed E-state index contributed by atoms with van der Waals surface area (Å²) in [5.41, 5.74) is 0. The largest absolute Gasteiger partial charge is 0.460 e. The smallest absolute Gasteiger partial charge is 0.332 e. The van der Waals surface area contributed by atoms with Crippen LogP contribution in [-0.4, -0.2) is 37.9 Å². The van der Waals surface area contributed by atoms with E-state index < -0.39 is 11.9 Å². The van der Waals surface area contributed by atoms with Gasteiger partial charge >= 0.3 is 11.9 Å². The van der Waals surface area contributed by atoms with Crippen LogP contribution in [0, 0.1) is 0 Å². The van der Waals surface area contributed by atoms with Crippen molar-refractivity contribution in [3.05, 3.63) is 12.7 Å². The molecular formula is C10H16O5. The van der Waals surface area contributed by atoms with E-state index in [0.29, 0.717) is 0 Å². The molecule has 0 amide bonds. The molecule has 0 spiro atoms. The highest BCUT2D eigenvalue weighted by Crippen LogP contribution is 1.89. The van der Waals surface area contributed by atoms with Crippen LogP contribution in [0.3, 0.4) is 0 Å². The summed E-state index contributed by atoms with van der Waals surface area (Å²) in [5, 5.41) is 0. The summed E-state index contributed by atoms with van der Waals surface area (Å²) in [6.45, 7) is 6.82. The lowest BCUT2D eigenvalue weighted by Gasteiger charge is -2.07. The van der Waals surface area contributed by atoms with Crippen molar-refractivity contribution in [3.8, 4) is 0 Å². The van der Waals surface area contributed by atoms with Crippen molar-refractivity contribution in [1.82, 2.24) is 0 Å². The van der Waals surface area contributed by atoms with E-state index in [1.165, 1.54) is 0 Å². The molecule has 0 radical (unpaired) electrons. The SMILES string of the molecule is C=CC(=O)OCCOC(=O)COC(C)C. The number of ether oxygens (including phenoxy) is 3. The first kappa shape index (κ1) is 13.6. The summed E-state index contributed by atoms with van der Waals surface area (Å²) in [7, 11) is 0. The van der Waals surface area contributed by atoms with Gasteiger partial charge in [0, 0.05) is 6.08 Å². The van der Waals surface area contributed by atoms with Gasteiger partial charge in [0.15, 0.2) is 0 Å². The van der Waals surface area contributed by atoms with Gasteiger partial charge in [-0.05, 0) is 13.8 Å². The average molecular weight is 216 g/mol. The third-order valence-corrected chi connectivity index (χ3v) is 1.29. The minimum Gasteiger partial charge on any atom is -0.460 e. The highest BCUT2D eigenvalue weighted by molar-refractivity contribution is 5.81. The minimum absolute atomic E-state index is 0.0175. The van der Waals surface area contributed by atoms with E-state index in [-0.39, 0.29) is 25.9 Å². The summed E-state index contributed by atoms with van der Waals surface area (Å²) in [6.07, 6.45) is 1.03. The van der Waals surface area contributed by atoms with Gasteiger partial charge in [0.25, 0.3) is 0 Å². The van der Waals surface area contributed by atoms with Crippen molar-refractivity contribution in [3.63, 3.8) is 0 Å². The molecule has 0 heterocycles. The molecule has 0 aliphatic rings. The van der Waals surface area contributed by atoms with Crippen LogP contribution in [0.5, 0.6) is 0 Å². The Balaban J connectivity index is 3.39. The lowest BCUT2D eigenvalue weighted by atomic mass is 10.5. The zero-order valence-corrected chi connectivity index (χ0v) is 9.02. The third-order valence-electron chi connectivity index (χ3n) is 1.29. The van der Waals surface area contributed by atoms with E-state index in [1.54, 1.807) is 0 Å². The first-order valence-corrected chi connectivity index (χ1v) is 4.62. The quantitative estimate of drug-likeness (QED) is 0.356. The van der Waals surface area contributed by atoms with E-state index in [2.05, 4.69) is 11.3 Å². The number of carbonyl (C=O) groups is 2. The third kappa shape index (κ3) is 8.96. The van der Waals surface area contributed by atoms with Crippen LogP contribution in [0.25, 0.3) is 0 Å². The molecule has 5 nitrogen and oxygen atoms in total. The molecule has 0 aromatic carbocycles. The normalized spacial score (nSPS) is 9.80. The second kappa shape index (κ2) is 7.99. The predicted octanol–water partition coefficient (Wildman–Crippen LogP) is 0.684. The molecule has 0 N–H and O–H groups in total. The van der Waals surface area contributed by atoms with E-state index in [0.717, 1.165) is 6.08 Å². The number of hydrogen-bond acceptors (Lipinski definition) is 5. The first-order valence-electron chi connectivity index (χ1n) is 4.62. The topological polar surface area (TPSA) is 61.8 Å². The van der Waals surface area contributed by atoms with Crippen LogP contribution in [0.2, 0.25) is 0 Å². The summed E-state index contributed by atoms with van der Waals surface area (Å²) >= 11 is 0. The Morgan fingerprint density at radius 3 is 2.40 bits per heavy atom. The molecule has 0 aliphatic heterocycles. The Morgan fingerprint density at radius 1 is 1.27 bits per heavy atom. The zero-order valence-electron chi connectivity index (χ0n) is 9.02. The van der Waals surface area contributed by atoms with Gasteiger partial charge in [-0.25, -0.2) is 9.59 Å². The van der Waals surface area contributed by atoms with Gasteiger partial charge in [0.1, 0.15) is 19.8 Å². The van der Waals surface area contributed by atoms with E-state index in [4.69, 9.17) is 9.47 Å². The van der Waals surface area contributed by atoms with Crippen LogP contribution < -0.4 is 0 Å². The average Bonchev–Trinajstić information content (AvgIpc) is 2.21. The van der Waals surface area contributed by atoms with E-state index in [1.807, 2.05) is 13.8 Å². The molecule has 0 aromatic rings. The fraction of sp³-hybridized carbons (Fsp3) is 0.600. The molecule has 0 rings (SSSR count). The molecule has 0 saturated carbocycles. The Kier molecular flexibility index (Phi) is 7.27. The number of hydrogen-bond donors (Lipinski definition) is 0. The molecule has 0 aromatic heterocycles. The molecule has 15 heavy (non-hydrogen) atoms. The Labute approximate surface area is 89.0 Å². The monoisotopic (exact) mass is 216 g/mol. The summed E-state index contributed by atoms with van der Waals surface area (Å²) in [4.78, 5) is 21.5. The van der Waals surface area contributed by atoms with Crippen molar-refractivity contribution in [1.29, 1.82) is 0 Å². The van der Waals surface area contributed by atoms with Crippen molar-refractivity contribution in [2.75, 3.05) is 19.8 Å². The lowest BCUT2D eigenvalue weighted by Crippen LogP contribution is -2.18. The lowest BCUT2D eigenvalue weighted by molar-refractivity contribution is -0.154. The molecule has 5 heteroatoms. The van der Waals surface area contributed by atoms with E-state index >= 15 is 0 Å². The second-order valence-corrected chi connectivity index (χ2v) is 2.95. The zero-order chi connectivity index (χ0) is 11.7. The number of esters is 2. The molecule has 86 valence electrons. The highest BCUT2D eigenvalue weighted by Gasteiger charge is 2.04. The number of carbonyl (C=O) groups excluding carboxylic acids is 2. The van der Waals surface area contributed by atoms with Gasteiger partial charge in [-0.3, -0.25) is 0 Å². The van der Waals surface area contributed by atoms with Gasteiger partial charge < -0.3 is 14.2 Å². The maximum atomic E-state index is 11.0. The van der Waals surface area contributed by atoms with Gasteiger partial charge in [-0.2, -0.15) is 0 Å². The Morgan fingerprint density at radius 2 is 1.87 bits per heavy atom. The summed E-state index contributed by atoms with van der Waals surface area (Å²) in [6, 6.07) is 0. The van der Waals surface area contributed by atoms with Crippen LogP contribution in [-0.2, 0) is 23.8 Å². The fourth-order valence-electron chi connectivity index (χ4n) is 0.633. The second-order valence-electron chi connectivity index (χ2n) is 2.95. The molecule has 0 unspecified atom stereocenters. The van der Waals surface area contributed by atoms with E-state index in [9.17, 15) is 9.59 Å².